The summed E-state index contributed by atoms with van der Waals surface area (Å²) in [5.41, 5.74) is 1.48. The molecule has 1 aromatic rings. The first-order valence-electron chi connectivity index (χ1n) is 7.72. The Morgan fingerprint density at radius 3 is 2.83 bits per heavy atom. The van der Waals surface area contributed by atoms with Gasteiger partial charge in [0.05, 0.1) is 17.5 Å². The number of rotatable bonds is 3. The molecule has 23 heavy (non-hydrogen) atoms. The highest BCUT2D eigenvalue weighted by atomic mass is 16.5. The summed E-state index contributed by atoms with van der Waals surface area (Å²) in [5.74, 6) is 0.340. The van der Waals surface area contributed by atoms with E-state index in [2.05, 4.69) is 10.6 Å². The van der Waals surface area contributed by atoms with E-state index in [1.807, 2.05) is 42.3 Å². The third-order valence-electron chi connectivity index (χ3n) is 4.33. The highest BCUT2D eigenvalue weighted by Gasteiger charge is 2.37. The molecule has 3 rings (SSSR count). The summed E-state index contributed by atoms with van der Waals surface area (Å²) in [6, 6.07) is 7.42. The quantitative estimate of drug-likeness (QED) is 0.839. The second kappa shape index (κ2) is 6.42. The van der Waals surface area contributed by atoms with Crippen LogP contribution in [0.15, 0.2) is 29.8 Å². The predicted octanol–water partition coefficient (Wildman–Crippen LogP) is 0.255. The molecule has 6 heteroatoms. The number of para-hydroxylation sites is 1. The van der Waals surface area contributed by atoms with Crippen LogP contribution >= 0.6 is 0 Å². The molecule has 2 aliphatic heterocycles. The number of nitrogens with zero attached hydrogens (tertiary/aromatic N) is 1. The monoisotopic (exact) mass is 315 g/mol. The Morgan fingerprint density at radius 1 is 1.26 bits per heavy atom. The molecule has 122 valence electrons. The fourth-order valence-electron chi connectivity index (χ4n) is 3.11. The molecule has 1 aromatic carbocycles. The van der Waals surface area contributed by atoms with Crippen molar-refractivity contribution in [3.8, 4) is 5.75 Å². The summed E-state index contributed by atoms with van der Waals surface area (Å²) in [4.78, 5) is 26.5. The number of benzene rings is 1. The molecule has 2 amide bonds. The van der Waals surface area contributed by atoms with Crippen molar-refractivity contribution >= 4 is 17.9 Å². The number of hydrogen-bond donors (Lipinski definition) is 2. The molecule has 6 nitrogen and oxygen atoms in total. The molecule has 0 bridgehead atoms. The van der Waals surface area contributed by atoms with Crippen LogP contribution in [0.5, 0.6) is 5.75 Å². The van der Waals surface area contributed by atoms with Crippen molar-refractivity contribution < 1.29 is 14.3 Å². The van der Waals surface area contributed by atoms with Crippen molar-refractivity contribution in [1.82, 2.24) is 15.5 Å². The number of nitrogens with one attached hydrogen (secondary N) is 2. The van der Waals surface area contributed by atoms with E-state index in [1.54, 1.807) is 7.05 Å². The zero-order valence-corrected chi connectivity index (χ0v) is 13.3. The van der Waals surface area contributed by atoms with Crippen LogP contribution in [0.1, 0.15) is 5.56 Å². The normalized spacial score (nSPS) is 23.5. The van der Waals surface area contributed by atoms with Crippen molar-refractivity contribution in [3.05, 3.63) is 35.4 Å². The molecule has 2 N–H and O–H groups in total. The number of ether oxygens (including phenoxy) is 1. The first-order chi connectivity index (χ1) is 11.1. The molecule has 1 fully saturated rings. The standard InChI is InChI=1S/C17H21N3O3/c1-18-17(22)13-8-20(2)9-14(13)19-16(21)12-7-11-5-3-4-6-15(11)23-10-12/h3-7,13-14H,8-10H2,1-2H3,(H,18,22)(H,19,21)/t13-,14+/m1/s1. The van der Waals surface area contributed by atoms with Crippen molar-refractivity contribution in [2.75, 3.05) is 33.8 Å². The lowest BCUT2D eigenvalue weighted by atomic mass is 10.0. The molecule has 0 saturated carbocycles. The van der Waals surface area contributed by atoms with Gasteiger partial charge in [-0.1, -0.05) is 18.2 Å². The highest BCUT2D eigenvalue weighted by Crippen LogP contribution is 2.26. The number of likely N-dealkylation sites (N-methyl/N-ethyl adjacent to an activating group) is 1. The molecule has 0 spiro atoms. The summed E-state index contributed by atoms with van der Waals surface area (Å²) in [7, 11) is 3.56. The lowest BCUT2D eigenvalue weighted by Gasteiger charge is -2.22. The average molecular weight is 315 g/mol. The average Bonchev–Trinajstić information content (AvgIpc) is 2.94. The van der Waals surface area contributed by atoms with Crippen LogP contribution in [0, 0.1) is 5.92 Å². The van der Waals surface area contributed by atoms with Gasteiger partial charge in [0.2, 0.25) is 5.91 Å². The summed E-state index contributed by atoms with van der Waals surface area (Å²) in [6.07, 6.45) is 1.85. The minimum atomic E-state index is -0.230. The molecule has 0 unspecified atom stereocenters. The Balaban J connectivity index is 1.72. The van der Waals surface area contributed by atoms with Crippen LogP contribution in [-0.2, 0) is 9.59 Å². The van der Waals surface area contributed by atoms with E-state index in [1.165, 1.54) is 0 Å². The SMILES string of the molecule is CNC(=O)[C@@H]1CN(C)C[C@@H]1NC(=O)C1=Cc2ccccc2OC1. The largest absolute Gasteiger partial charge is 0.488 e. The van der Waals surface area contributed by atoms with Gasteiger partial charge in [0.15, 0.2) is 0 Å². The minimum Gasteiger partial charge on any atom is -0.488 e. The zero-order valence-electron chi connectivity index (χ0n) is 13.3. The smallest absolute Gasteiger partial charge is 0.250 e. The van der Waals surface area contributed by atoms with Crippen molar-refractivity contribution in [2.24, 2.45) is 5.92 Å². The number of carbonyl (C=O) groups is 2. The van der Waals surface area contributed by atoms with E-state index in [-0.39, 0.29) is 30.4 Å². The van der Waals surface area contributed by atoms with E-state index in [0.29, 0.717) is 18.7 Å². The summed E-state index contributed by atoms with van der Waals surface area (Å²) in [5, 5.41) is 5.65. The molecule has 2 heterocycles. The van der Waals surface area contributed by atoms with Gasteiger partial charge < -0.3 is 20.3 Å². The molecule has 2 atom stereocenters. The molecular weight excluding hydrogens is 294 g/mol. The number of carbonyl (C=O) groups excluding carboxylic acids is 2. The van der Waals surface area contributed by atoms with Gasteiger partial charge in [0.25, 0.3) is 5.91 Å². The van der Waals surface area contributed by atoms with Gasteiger partial charge >= 0.3 is 0 Å². The van der Waals surface area contributed by atoms with Crippen LogP contribution in [0.2, 0.25) is 0 Å². The van der Waals surface area contributed by atoms with Crippen molar-refractivity contribution in [2.45, 2.75) is 6.04 Å². The van der Waals surface area contributed by atoms with E-state index >= 15 is 0 Å². The minimum absolute atomic E-state index is 0.0427. The zero-order chi connectivity index (χ0) is 16.4. The first-order valence-corrected chi connectivity index (χ1v) is 7.72. The van der Waals surface area contributed by atoms with Crippen molar-refractivity contribution in [3.63, 3.8) is 0 Å². The second-order valence-corrected chi connectivity index (χ2v) is 6.02. The van der Waals surface area contributed by atoms with Crippen LogP contribution in [0.3, 0.4) is 0 Å². The van der Waals surface area contributed by atoms with Gasteiger partial charge in [-0.15, -0.1) is 0 Å². The lowest BCUT2D eigenvalue weighted by molar-refractivity contribution is -0.125. The van der Waals surface area contributed by atoms with Crippen LogP contribution < -0.4 is 15.4 Å². The second-order valence-electron chi connectivity index (χ2n) is 6.02. The third kappa shape index (κ3) is 3.22. The summed E-state index contributed by atoms with van der Waals surface area (Å²) in [6.45, 7) is 1.55. The summed E-state index contributed by atoms with van der Waals surface area (Å²) >= 11 is 0. The highest BCUT2D eigenvalue weighted by molar-refractivity contribution is 5.99. The van der Waals surface area contributed by atoms with Gasteiger partial charge in [-0.2, -0.15) is 0 Å². The first kappa shape index (κ1) is 15.6. The Kier molecular flexibility index (Phi) is 4.34. The number of likely N-dealkylation sites (tertiary alicyclic amines) is 1. The van der Waals surface area contributed by atoms with E-state index < -0.39 is 0 Å². The predicted molar refractivity (Wildman–Crippen MR) is 86.9 cm³/mol. The number of fused-ring (bicyclic) bond motifs is 1. The molecule has 0 aliphatic carbocycles. The van der Waals surface area contributed by atoms with Gasteiger partial charge in [-0.3, -0.25) is 9.59 Å². The Morgan fingerprint density at radius 2 is 2.04 bits per heavy atom. The summed E-state index contributed by atoms with van der Waals surface area (Å²) < 4.78 is 5.62. The third-order valence-corrected chi connectivity index (χ3v) is 4.33. The van der Waals surface area contributed by atoms with E-state index in [9.17, 15) is 9.59 Å². The van der Waals surface area contributed by atoms with Gasteiger partial charge in [0, 0.05) is 25.7 Å². The van der Waals surface area contributed by atoms with Crippen LogP contribution in [0.4, 0.5) is 0 Å². The lowest BCUT2D eigenvalue weighted by Crippen LogP contribution is -2.46. The Bertz CT molecular complexity index is 656. The van der Waals surface area contributed by atoms with Crippen molar-refractivity contribution in [1.29, 1.82) is 0 Å². The maximum atomic E-state index is 12.5. The molecule has 1 saturated heterocycles. The van der Waals surface area contributed by atoms with Crippen LogP contribution in [-0.4, -0.2) is 56.5 Å². The van der Waals surface area contributed by atoms with E-state index in [0.717, 1.165) is 11.3 Å². The topological polar surface area (TPSA) is 70.7 Å². The molecule has 2 aliphatic rings. The fourth-order valence-corrected chi connectivity index (χ4v) is 3.11. The van der Waals surface area contributed by atoms with Gasteiger partial charge in [-0.25, -0.2) is 0 Å². The fraction of sp³-hybridized carbons (Fsp3) is 0.412. The molecule has 0 radical (unpaired) electrons. The van der Waals surface area contributed by atoms with E-state index in [4.69, 9.17) is 4.74 Å². The Labute approximate surface area is 135 Å². The maximum Gasteiger partial charge on any atom is 0.250 e. The van der Waals surface area contributed by atoms with Gasteiger partial charge in [0.1, 0.15) is 12.4 Å². The molecular formula is C17H21N3O3. The van der Waals surface area contributed by atoms with Crippen LogP contribution in [0.25, 0.3) is 6.08 Å². The maximum absolute atomic E-state index is 12.5. The number of amides is 2. The Hall–Kier alpha value is -2.34. The molecule has 0 aromatic heterocycles. The van der Waals surface area contributed by atoms with Gasteiger partial charge in [-0.05, 0) is 19.2 Å². The number of hydrogen-bond acceptors (Lipinski definition) is 4.